The Kier molecular flexibility index (Phi) is 6.75. The quantitative estimate of drug-likeness (QED) is 0.763. The molecule has 3 heteroatoms. The fourth-order valence-corrected chi connectivity index (χ4v) is 3.44. The van der Waals surface area contributed by atoms with Crippen LogP contribution in [0.2, 0.25) is 0 Å². The zero-order valence-corrected chi connectivity index (χ0v) is 13.7. The molecule has 0 aliphatic carbocycles. The molecule has 17 heavy (non-hydrogen) atoms. The first-order valence-electron chi connectivity index (χ1n) is 6.47. The van der Waals surface area contributed by atoms with E-state index in [4.69, 9.17) is 0 Å². The first kappa shape index (κ1) is 15.2. The lowest BCUT2D eigenvalue weighted by molar-refractivity contribution is 0.455. The van der Waals surface area contributed by atoms with Gasteiger partial charge in [-0.25, -0.2) is 0 Å². The van der Waals surface area contributed by atoms with Crippen LogP contribution in [0.15, 0.2) is 9.85 Å². The Morgan fingerprint density at radius 3 is 2.53 bits per heavy atom. The molecule has 0 aliphatic heterocycles. The Balaban J connectivity index is 2.21. The molecule has 0 spiro atoms. The van der Waals surface area contributed by atoms with Gasteiger partial charge in [-0.1, -0.05) is 20.8 Å². The second kappa shape index (κ2) is 7.55. The van der Waals surface area contributed by atoms with Crippen LogP contribution in [0.1, 0.15) is 44.1 Å². The summed E-state index contributed by atoms with van der Waals surface area (Å²) in [6.07, 6.45) is 3.80. The van der Waals surface area contributed by atoms with E-state index in [0.717, 1.165) is 12.5 Å². The van der Waals surface area contributed by atoms with Crippen molar-refractivity contribution in [2.45, 2.75) is 53.0 Å². The second-order valence-corrected chi connectivity index (χ2v) is 7.67. The smallest absolute Gasteiger partial charge is 0.0730 e. The summed E-state index contributed by atoms with van der Waals surface area (Å²) < 4.78 is 1.29. The van der Waals surface area contributed by atoms with E-state index in [-0.39, 0.29) is 0 Å². The molecular formula is C14H24BrNS. The lowest BCUT2D eigenvalue weighted by Gasteiger charge is -2.13. The summed E-state index contributed by atoms with van der Waals surface area (Å²) in [5, 5.41) is 3.48. The summed E-state index contributed by atoms with van der Waals surface area (Å²) in [5.41, 5.74) is 1.37. The zero-order chi connectivity index (χ0) is 12.8. The molecular weight excluding hydrogens is 294 g/mol. The van der Waals surface area contributed by atoms with Gasteiger partial charge in [0.05, 0.1) is 3.79 Å². The van der Waals surface area contributed by atoms with Crippen molar-refractivity contribution in [2.75, 3.05) is 6.54 Å². The average Bonchev–Trinajstić information content (AvgIpc) is 2.55. The largest absolute Gasteiger partial charge is 0.315 e. The summed E-state index contributed by atoms with van der Waals surface area (Å²) >= 11 is 5.48. The van der Waals surface area contributed by atoms with Crippen LogP contribution < -0.4 is 5.32 Å². The molecule has 1 N–H and O–H groups in total. The second-order valence-electron chi connectivity index (χ2n) is 5.21. The molecule has 1 aromatic heterocycles. The topological polar surface area (TPSA) is 12.0 Å². The van der Waals surface area contributed by atoms with Gasteiger partial charge >= 0.3 is 0 Å². The molecule has 0 radical (unpaired) electrons. The van der Waals surface area contributed by atoms with Crippen molar-refractivity contribution in [1.82, 2.24) is 5.32 Å². The number of hydrogen-bond donors (Lipinski definition) is 1. The molecule has 1 heterocycles. The Morgan fingerprint density at radius 2 is 2.00 bits per heavy atom. The van der Waals surface area contributed by atoms with E-state index in [1.807, 2.05) is 11.3 Å². The summed E-state index contributed by atoms with van der Waals surface area (Å²) in [7, 11) is 0. The van der Waals surface area contributed by atoms with Crippen molar-refractivity contribution in [3.63, 3.8) is 0 Å². The summed E-state index contributed by atoms with van der Waals surface area (Å²) in [6, 6.07) is 2.92. The molecule has 0 aliphatic rings. The van der Waals surface area contributed by atoms with Gasteiger partial charge in [0.1, 0.15) is 0 Å². The number of nitrogens with one attached hydrogen (secondary N) is 1. The van der Waals surface area contributed by atoms with Crippen molar-refractivity contribution in [3.8, 4) is 0 Å². The van der Waals surface area contributed by atoms with E-state index < -0.39 is 0 Å². The predicted molar refractivity (Wildman–Crippen MR) is 82.0 cm³/mol. The standard InChI is InChI=1S/C14H24BrNS/c1-10(2)16-8-7-11(3)5-6-13-9-12(4)14(15)17-13/h9-11,16H,5-8H2,1-4H3. The van der Waals surface area contributed by atoms with Gasteiger partial charge in [0.25, 0.3) is 0 Å². The minimum Gasteiger partial charge on any atom is -0.315 e. The van der Waals surface area contributed by atoms with E-state index >= 15 is 0 Å². The first-order chi connectivity index (χ1) is 7.99. The first-order valence-corrected chi connectivity index (χ1v) is 8.08. The van der Waals surface area contributed by atoms with Crippen LogP contribution in [-0.2, 0) is 6.42 Å². The Morgan fingerprint density at radius 1 is 1.29 bits per heavy atom. The molecule has 98 valence electrons. The van der Waals surface area contributed by atoms with Gasteiger partial charge in [0.15, 0.2) is 0 Å². The minimum absolute atomic E-state index is 0.609. The van der Waals surface area contributed by atoms with Gasteiger partial charge in [-0.2, -0.15) is 0 Å². The van der Waals surface area contributed by atoms with Crippen LogP contribution in [0, 0.1) is 12.8 Å². The van der Waals surface area contributed by atoms with Gasteiger partial charge in [-0.15, -0.1) is 11.3 Å². The lowest BCUT2D eigenvalue weighted by Crippen LogP contribution is -2.24. The summed E-state index contributed by atoms with van der Waals surface area (Å²) in [4.78, 5) is 1.51. The van der Waals surface area contributed by atoms with Crippen molar-refractivity contribution < 1.29 is 0 Å². The molecule has 0 fully saturated rings. The normalized spacial score (nSPS) is 13.3. The molecule has 0 bridgehead atoms. The molecule has 1 unspecified atom stereocenters. The Labute approximate surface area is 118 Å². The number of halogens is 1. The van der Waals surface area contributed by atoms with Gasteiger partial charge in [-0.05, 0) is 66.2 Å². The number of rotatable bonds is 7. The van der Waals surface area contributed by atoms with Crippen molar-refractivity contribution in [1.29, 1.82) is 0 Å². The average molecular weight is 318 g/mol. The fourth-order valence-electron chi connectivity index (χ4n) is 1.80. The maximum absolute atomic E-state index is 3.59. The predicted octanol–water partition coefficient (Wildman–Crippen LogP) is 4.78. The van der Waals surface area contributed by atoms with Crippen LogP contribution in [0.4, 0.5) is 0 Å². The third-order valence-electron chi connectivity index (χ3n) is 2.98. The molecule has 0 amide bonds. The SMILES string of the molecule is Cc1cc(CCC(C)CCNC(C)C)sc1Br. The highest BCUT2D eigenvalue weighted by molar-refractivity contribution is 9.11. The molecule has 1 nitrogen and oxygen atoms in total. The van der Waals surface area contributed by atoms with Crippen molar-refractivity contribution in [3.05, 3.63) is 20.3 Å². The molecule has 1 aromatic rings. The summed E-state index contributed by atoms with van der Waals surface area (Å²) in [6.45, 7) is 10.1. The zero-order valence-electron chi connectivity index (χ0n) is 11.3. The van der Waals surface area contributed by atoms with E-state index in [1.54, 1.807) is 0 Å². The Hall–Kier alpha value is 0.140. The Bertz CT molecular complexity index is 313. The molecule has 0 saturated heterocycles. The third kappa shape index (κ3) is 6.03. The van der Waals surface area contributed by atoms with E-state index in [9.17, 15) is 0 Å². The number of aryl methyl sites for hydroxylation is 2. The van der Waals surface area contributed by atoms with E-state index in [1.165, 1.54) is 33.5 Å². The van der Waals surface area contributed by atoms with Gasteiger partial charge in [0, 0.05) is 10.9 Å². The van der Waals surface area contributed by atoms with Crippen molar-refractivity contribution in [2.24, 2.45) is 5.92 Å². The van der Waals surface area contributed by atoms with Crippen LogP contribution >= 0.6 is 27.3 Å². The maximum atomic E-state index is 3.59. The third-order valence-corrected chi connectivity index (χ3v) is 5.18. The molecule has 1 rings (SSSR count). The van der Waals surface area contributed by atoms with Crippen LogP contribution in [0.25, 0.3) is 0 Å². The molecule has 0 saturated carbocycles. The van der Waals surface area contributed by atoms with Crippen LogP contribution in [0.5, 0.6) is 0 Å². The number of hydrogen-bond acceptors (Lipinski definition) is 2. The lowest BCUT2D eigenvalue weighted by atomic mass is 10.0. The number of thiophene rings is 1. The van der Waals surface area contributed by atoms with E-state index in [0.29, 0.717) is 6.04 Å². The van der Waals surface area contributed by atoms with E-state index in [2.05, 4.69) is 55.0 Å². The highest BCUT2D eigenvalue weighted by atomic mass is 79.9. The summed E-state index contributed by atoms with van der Waals surface area (Å²) in [5.74, 6) is 0.808. The van der Waals surface area contributed by atoms with Gasteiger partial charge < -0.3 is 5.32 Å². The van der Waals surface area contributed by atoms with Gasteiger partial charge in [-0.3, -0.25) is 0 Å². The van der Waals surface area contributed by atoms with Crippen LogP contribution in [-0.4, -0.2) is 12.6 Å². The molecule has 0 aromatic carbocycles. The monoisotopic (exact) mass is 317 g/mol. The minimum atomic E-state index is 0.609. The van der Waals surface area contributed by atoms with Crippen molar-refractivity contribution >= 4 is 27.3 Å². The van der Waals surface area contributed by atoms with Crippen LogP contribution in [0.3, 0.4) is 0 Å². The highest BCUT2D eigenvalue weighted by Crippen LogP contribution is 2.28. The maximum Gasteiger partial charge on any atom is 0.0730 e. The highest BCUT2D eigenvalue weighted by Gasteiger charge is 2.06. The van der Waals surface area contributed by atoms with Gasteiger partial charge in [0.2, 0.25) is 0 Å². The molecule has 1 atom stereocenters. The fraction of sp³-hybridized carbons (Fsp3) is 0.714.